The highest BCUT2D eigenvalue weighted by molar-refractivity contribution is 5.94. The highest BCUT2D eigenvalue weighted by Crippen LogP contribution is 2.19. The van der Waals surface area contributed by atoms with E-state index in [2.05, 4.69) is 20.6 Å². The number of carbonyl (C=O) groups excluding carboxylic acids is 3. The number of carboxylic acid groups (broad SMARTS) is 1. The molecule has 0 bridgehead atoms. The highest BCUT2D eigenvalue weighted by Gasteiger charge is 2.40. The van der Waals surface area contributed by atoms with Crippen molar-refractivity contribution in [3.8, 4) is 0 Å². The zero-order chi connectivity index (χ0) is 26.2. The quantitative estimate of drug-likeness (QED) is 0.225. The van der Waals surface area contributed by atoms with Gasteiger partial charge in [-0.15, -0.1) is 0 Å². The van der Waals surface area contributed by atoms with Crippen molar-refractivity contribution in [2.75, 3.05) is 6.54 Å². The number of hydrogen-bond acceptors (Lipinski definition) is 7. The maximum atomic E-state index is 13.3. The standard InChI is InChI=1S/C24H32N6O6/c1-14(31)20(23(34)30-9-5-8-19(30)24(35)36)29-22(33)18(10-15-6-3-2-4-7-15)28-21(32)17(25)11-16-12-26-13-27-16/h2-4,6-7,12-14,17-20,31H,5,8-11,25H2,1H3,(H,26,27)(H,28,32)(H,29,33)(H,35,36). The number of rotatable bonds is 11. The van der Waals surface area contributed by atoms with E-state index in [0.29, 0.717) is 18.5 Å². The van der Waals surface area contributed by atoms with Crippen LogP contribution in [0.15, 0.2) is 42.9 Å². The Bertz CT molecular complexity index is 1040. The van der Waals surface area contributed by atoms with Gasteiger partial charge in [0.05, 0.1) is 18.5 Å². The van der Waals surface area contributed by atoms with E-state index in [1.807, 2.05) is 6.07 Å². The van der Waals surface area contributed by atoms with Crippen LogP contribution in [0.2, 0.25) is 0 Å². The number of H-pyrrole nitrogens is 1. The fourth-order valence-corrected chi connectivity index (χ4v) is 4.17. The number of aromatic nitrogens is 2. The summed E-state index contributed by atoms with van der Waals surface area (Å²) in [5, 5.41) is 24.9. The lowest BCUT2D eigenvalue weighted by Crippen LogP contribution is -2.60. The van der Waals surface area contributed by atoms with E-state index in [9.17, 15) is 29.4 Å². The Labute approximate surface area is 208 Å². The van der Waals surface area contributed by atoms with E-state index < -0.39 is 54.0 Å². The normalized spacial score (nSPS) is 18.6. The Morgan fingerprint density at radius 2 is 1.89 bits per heavy atom. The summed E-state index contributed by atoms with van der Waals surface area (Å²) in [6.07, 6.45) is 2.79. The molecule has 5 unspecified atom stereocenters. The smallest absolute Gasteiger partial charge is 0.326 e. The Kier molecular flexibility index (Phi) is 9.14. The Morgan fingerprint density at radius 1 is 1.17 bits per heavy atom. The van der Waals surface area contributed by atoms with Gasteiger partial charge in [-0.05, 0) is 25.3 Å². The number of nitrogens with two attached hydrogens (primary N) is 1. The number of likely N-dealkylation sites (tertiary alicyclic amines) is 1. The van der Waals surface area contributed by atoms with Gasteiger partial charge in [-0.1, -0.05) is 30.3 Å². The lowest BCUT2D eigenvalue weighted by atomic mass is 10.0. The first-order valence-corrected chi connectivity index (χ1v) is 11.8. The van der Waals surface area contributed by atoms with Gasteiger partial charge in [0.25, 0.3) is 0 Å². The van der Waals surface area contributed by atoms with Crippen molar-refractivity contribution in [2.24, 2.45) is 5.73 Å². The van der Waals surface area contributed by atoms with Crippen LogP contribution in [0.3, 0.4) is 0 Å². The SMILES string of the molecule is CC(O)C(NC(=O)C(Cc1ccccc1)NC(=O)C(N)Cc1cnc[nH]1)C(=O)N1CCCC1C(=O)O. The summed E-state index contributed by atoms with van der Waals surface area (Å²) in [5.41, 5.74) is 7.43. The first-order valence-electron chi connectivity index (χ1n) is 11.8. The van der Waals surface area contributed by atoms with Gasteiger partial charge in [0.1, 0.15) is 18.1 Å². The molecule has 3 rings (SSSR count). The zero-order valence-corrected chi connectivity index (χ0v) is 20.0. The van der Waals surface area contributed by atoms with Gasteiger partial charge >= 0.3 is 5.97 Å². The van der Waals surface area contributed by atoms with E-state index in [1.54, 1.807) is 30.5 Å². The van der Waals surface area contributed by atoms with Gasteiger partial charge in [-0.25, -0.2) is 9.78 Å². The molecular formula is C24H32N6O6. The third kappa shape index (κ3) is 6.89. The molecule has 0 spiro atoms. The van der Waals surface area contributed by atoms with E-state index in [4.69, 9.17) is 5.73 Å². The molecule has 2 heterocycles. The molecule has 12 nitrogen and oxygen atoms in total. The molecule has 12 heteroatoms. The number of carboxylic acids is 1. The molecule has 0 radical (unpaired) electrons. The first-order chi connectivity index (χ1) is 17.2. The van der Waals surface area contributed by atoms with Gasteiger partial charge in [0.2, 0.25) is 17.7 Å². The van der Waals surface area contributed by atoms with Crippen molar-refractivity contribution in [3.05, 3.63) is 54.1 Å². The molecule has 1 aromatic heterocycles. The number of aromatic amines is 1. The summed E-state index contributed by atoms with van der Waals surface area (Å²) < 4.78 is 0. The van der Waals surface area contributed by atoms with Crippen molar-refractivity contribution in [1.82, 2.24) is 25.5 Å². The van der Waals surface area contributed by atoms with Gasteiger partial charge in [0.15, 0.2) is 0 Å². The maximum Gasteiger partial charge on any atom is 0.326 e. The van der Waals surface area contributed by atoms with E-state index in [-0.39, 0.29) is 19.4 Å². The summed E-state index contributed by atoms with van der Waals surface area (Å²) in [4.78, 5) is 58.7. The molecule has 1 aliphatic heterocycles. The monoisotopic (exact) mass is 500 g/mol. The second-order valence-electron chi connectivity index (χ2n) is 8.89. The Hall–Kier alpha value is -3.77. The average molecular weight is 501 g/mol. The molecule has 36 heavy (non-hydrogen) atoms. The minimum absolute atomic E-state index is 0.109. The van der Waals surface area contributed by atoms with Crippen molar-refractivity contribution in [1.29, 1.82) is 0 Å². The summed E-state index contributed by atoms with van der Waals surface area (Å²) in [6, 6.07) is 4.50. The van der Waals surface area contributed by atoms with Crippen LogP contribution in [0.5, 0.6) is 0 Å². The second kappa shape index (κ2) is 12.3. The number of amides is 3. The van der Waals surface area contributed by atoms with Crippen molar-refractivity contribution < 1.29 is 29.4 Å². The molecule has 0 saturated carbocycles. The predicted molar refractivity (Wildman–Crippen MR) is 128 cm³/mol. The van der Waals surface area contributed by atoms with Crippen LogP contribution < -0.4 is 16.4 Å². The molecule has 0 aliphatic carbocycles. The third-order valence-corrected chi connectivity index (χ3v) is 6.11. The fourth-order valence-electron chi connectivity index (χ4n) is 4.17. The molecule has 5 atom stereocenters. The number of hydrogen-bond donors (Lipinski definition) is 6. The van der Waals surface area contributed by atoms with Crippen LogP contribution >= 0.6 is 0 Å². The molecule has 3 amide bonds. The third-order valence-electron chi connectivity index (χ3n) is 6.11. The lowest BCUT2D eigenvalue weighted by molar-refractivity contribution is -0.150. The molecular weight excluding hydrogens is 468 g/mol. The molecule has 2 aromatic rings. The maximum absolute atomic E-state index is 13.3. The van der Waals surface area contributed by atoms with E-state index >= 15 is 0 Å². The van der Waals surface area contributed by atoms with Gasteiger partial charge < -0.3 is 36.5 Å². The number of carbonyl (C=O) groups is 4. The number of imidazole rings is 1. The van der Waals surface area contributed by atoms with Gasteiger partial charge in [-0.3, -0.25) is 14.4 Å². The largest absolute Gasteiger partial charge is 0.480 e. The first kappa shape index (κ1) is 26.8. The molecule has 1 fully saturated rings. The van der Waals surface area contributed by atoms with Crippen molar-refractivity contribution >= 4 is 23.7 Å². The summed E-state index contributed by atoms with van der Waals surface area (Å²) in [7, 11) is 0. The molecule has 1 saturated heterocycles. The minimum Gasteiger partial charge on any atom is -0.480 e. The van der Waals surface area contributed by atoms with E-state index in [0.717, 1.165) is 10.5 Å². The lowest BCUT2D eigenvalue weighted by Gasteiger charge is -2.30. The topological polar surface area (TPSA) is 191 Å². The number of benzene rings is 1. The number of nitrogens with one attached hydrogen (secondary N) is 3. The number of aliphatic hydroxyl groups excluding tert-OH is 1. The molecule has 1 aromatic carbocycles. The average Bonchev–Trinajstić information content (AvgIpc) is 3.54. The van der Waals surface area contributed by atoms with E-state index in [1.165, 1.54) is 13.3 Å². The number of aliphatic carboxylic acids is 1. The van der Waals surface area contributed by atoms with Crippen LogP contribution in [0.1, 0.15) is 31.0 Å². The van der Waals surface area contributed by atoms with Gasteiger partial charge in [0, 0.05) is 31.3 Å². The fraction of sp³-hybridized carbons (Fsp3) is 0.458. The minimum atomic E-state index is -1.38. The Morgan fingerprint density at radius 3 is 2.50 bits per heavy atom. The summed E-state index contributed by atoms with van der Waals surface area (Å²) in [5.74, 6) is -3.11. The van der Waals surface area contributed by atoms with Crippen LogP contribution in [0.4, 0.5) is 0 Å². The van der Waals surface area contributed by atoms with Crippen molar-refractivity contribution in [3.63, 3.8) is 0 Å². The second-order valence-corrected chi connectivity index (χ2v) is 8.89. The van der Waals surface area contributed by atoms with Crippen LogP contribution in [0, 0.1) is 0 Å². The summed E-state index contributed by atoms with van der Waals surface area (Å²) in [6.45, 7) is 1.54. The van der Waals surface area contributed by atoms with Gasteiger partial charge in [-0.2, -0.15) is 0 Å². The molecule has 7 N–H and O–H groups in total. The molecule has 1 aliphatic rings. The van der Waals surface area contributed by atoms with Crippen LogP contribution in [0.25, 0.3) is 0 Å². The zero-order valence-electron chi connectivity index (χ0n) is 20.0. The Balaban J connectivity index is 1.75. The number of aliphatic hydroxyl groups is 1. The number of nitrogens with zero attached hydrogens (tertiary/aromatic N) is 2. The van der Waals surface area contributed by atoms with Crippen molar-refractivity contribution in [2.45, 2.75) is 62.9 Å². The van der Waals surface area contributed by atoms with Crippen LogP contribution in [-0.2, 0) is 32.0 Å². The molecule has 194 valence electrons. The van der Waals surface area contributed by atoms with Crippen LogP contribution in [-0.4, -0.2) is 85.6 Å². The highest BCUT2D eigenvalue weighted by atomic mass is 16.4. The predicted octanol–water partition coefficient (Wildman–Crippen LogP) is -1.05. The summed E-state index contributed by atoms with van der Waals surface area (Å²) >= 11 is 0.